The van der Waals surface area contributed by atoms with Gasteiger partial charge in [-0.2, -0.15) is 5.10 Å². The van der Waals surface area contributed by atoms with Crippen LogP contribution in [0.25, 0.3) is 0 Å². The van der Waals surface area contributed by atoms with E-state index in [2.05, 4.69) is 15.4 Å². The number of amides is 1. The molecule has 0 fully saturated rings. The summed E-state index contributed by atoms with van der Waals surface area (Å²) in [6, 6.07) is 3.46. The summed E-state index contributed by atoms with van der Waals surface area (Å²) in [4.78, 5) is 15.9. The number of hydrogen-bond donors (Lipinski definition) is 1. The second-order valence-electron chi connectivity index (χ2n) is 3.87. The molecule has 0 radical (unpaired) electrons. The van der Waals surface area contributed by atoms with Gasteiger partial charge in [-0.15, -0.1) is 0 Å². The minimum Gasteiger partial charge on any atom is -0.319 e. The molecular weight excluding hydrogens is 216 g/mol. The van der Waals surface area contributed by atoms with Crippen LogP contribution in [0.2, 0.25) is 0 Å². The SMILES string of the molecule is Cc1nn(C)c(C)c1NC(=O)c1cccnc1. The van der Waals surface area contributed by atoms with E-state index in [9.17, 15) is 4.79 Å². The molecule has 0 saturated heterocycles. The molecule has 0 aliphatic rings. The fourth-order valence-corrected chi connectivity index (χ4v) is 1.64. The Bertz CT molecular complexity index is 545. The van der Waals surface area contributed by atoms with E-state index in [4.69, 9.17) is 0 Å². The highest BCUT2D eigenvalue weighted by Crippen LogP contribution is 2.18. The van der Waals surface area contributed by atoms with Crippen molar-refractivity contribution >= 4 is 11.6 Å². The topological polar surface area (TPSA) is 59.8 Å². The molecule has 1 N–H and O–H groups in total. The molecule has 2 heterocycles. The van der Waals surface area contributed by atoms with Gasteiger partial charge in [-0.1, -0.05) is 0 Å². The monoisotopic (exact) mass is 230 g/mol. The summed E-state index contributed by atoms with van der Waals surface area (Å²) in [6.45, 7) is 3.78. The highest BCUT2D eigenvalue weighted by molar-refractivity contribution is 6.04. The summed E-state index contributed by atoms with van der Waals surface area (Å²) >= 11 is 0. The summed E-state index contributed by atoms with van der Waals surface area (Å²) in [6.07, 6.45) is 3.17. The molecule has 0 saturated carbocycles. The van der Waals surface area contributed by atoms with Gasteiger partial charge in [0.2, 0.25) is 0 Å². The van der Waals surface area contributed by atoms with E-state index in [0.29, 0.717) is 5.56 Å². The molecule has 2 aromatic rings. The molecule has 0 aromatic carbocycles. The molecule has 0 spiro atoms. The lowest BCUT2D eigenvalue weighted by atomic mass is 10.2. The molecule has 17 heavy (non-hydrogen) atoms. The number of hydrogen-bond acceptors (Lipinski definition) is 3. The Labute approximate surface area is 99.5 Å². The van der Waals surface area contributed by atoms with Crippen molar-refractivity contribution in [3.05, 3.63) is 41.5 Å². The second-order valence-corrected chi connectivity index (χ2v) is 3.87. The van der Waals surface area contributed by atoms with Gasteiger partial charge in [0.1, 0.15) is 0 Å². The highest BCUT2D eigenvalue weighted by Gasteiger charge is 2.13. The smallest absolute Gasteiger partial charge is 0.257 e. The normalized spacial score (nSPS) is 10.3. The number of carbonyl (C=O) groups excluding carboxylic acids is 1. The Balaban J connectivity index is 2.25. The zero-order valence-corrected chi connectivity index (χ0v) is 10.1. The first kappa shape index (κ1) is 11.3. The quantitative estimate of drug-likeness (QED) is 0.854. The van der Waals surface area contributed by atoms with Crippen molar-refractivity contribution < 1.29 is 4.79 Å². The van der Waals surface area contributed by atoms with Crippen molar-refractivity contribution in [1.82, 2.24) is 14.8 Å². The first-order chi connectivity index (χ1) is 8.09. The molecule has 2 rings (SSSR count). The number of anilines is 1. The lowest BCUT2D eigenvalue weighted by Gasteiger charge is -2.05. The summed E-state index contributed by atoms with van der Waals surface area (Å²) < 4.78 is 1.74. The van der Waals surface area contributed by atoms with E-state index in [1.165, 1.54) is 6.20 Å². The number of pyridine rings is 1. The Hall–Kier alpha value is -2.17. The summed E-state index contributed by atoms with van der Waals surface area (Å²) in [5.41, 5.74) is 3.04. The summed E-state index contributed by atoms with van der Waals surface area (Å²) in [5, 5.41) is 7.10. The summed E-state index contributed by atoms with van der Waals surface area (Å²) in [7, 11) is 1.85. The van der Waals surface area contributed by atoms with Gasteiger partial charge in [0.25, 0.3) is 5.91 Å². The molecule has 2 aromatic heterocycles. The summed E-state index contributed by atoms with van der Waals surface area (Å²) in [5.74, 6) is -0.169. The van der Waals surface area contributed by atoms with Crippen LogP contribution in [0.1, 0.15) is 21.7 Å². The van der Waals surface area contributed by atoms with Crippen molar-refractivity contribution in [2.75, 3.05) is 5.32 Å². The minimum absolute atomic E-state index is 0.169. The second kappa shape index (κ2) is 4.37. The number of nitrogens with zero attached hydrogens (tertiary/aromatic N) is 3. The fraction of sp³-hybridized carbons (Fsp3) is 0.250. The van der Waals surface area contributed by atoms with E-state index in [1.807, 2.05) is 20.9 Å². The molecule has 0 bridgehead atoms. The van der Waals surface area contributed by atoms with Crippen LogP contribution in [0.15, 0.2) is 24.5 Å². The van der Waals surface area contributed by atoms with Crippen LogP contribution in [0, 0.1) is 13.8 Å². The van der Waals surface area contributed by atoms with Crippen molar-refractivity contribution in [2.45, 2.75) is 13.8 Å². The number of rotatable bonds is 2. The maximum absolute atomic E-state index is 11.9. The molecule has 0 aliphatic heterocycles. The maximum atomic E-state index is 11.9. The van der Waals surface area contributed by atoms with E-state index in [1.54, 1.807) is 23.0 Å². The van der Waals surface area contributed by atoms with Gasteiger partial charge in [-0.25, -0.2) is 0 Å². The van der Waals surface area contributed by atoms with Crippen LogP contribution >= 0.6 is 0 Å². The van der Waals surface area contributed by atoms with Gasteiger partial charge in [-0.05, 0) is 26.0 Å². The van der Waals surface area contributed by atoms with Gasteiger partial charge < -0.3 is 5.32 Å². The molecule has 5 heteroatoms. The maximum Gasteiger partial charge on any atom is 0.257 e. The lowest BCUT2D eigenvalue weighted by Crippen LogP contribution is -2.13. The highest BCUT2D eigenvalue weighted by atomic mass is 16.1. The number of carbonyl (C=O) groups is 1. The first-order valence-electron chi connectivity index (χ1n) is 5.31. The third-order valence-electron chi connectivity index (χ3n) is 2.67. The first-order valence-corrected chi connectivity index (χ1v) is 5.31. The van der Waals surface area contributed by atoms with Crippen molar-refractivity contribution in [1.29, 1.82) is 0 Å². The van der Waals surface area contributed by atoms with E-state index < -0.39 is 0 Å². The van der Waals surface area contributed by atoms with Gasteiger partial charge in [0.15, 0.2) is 0 Å². The number of aromatic nitrogens is 3. The van der Waals surface area contributed by atoms with Gasteiger partial charge >= 0.3 is 0 Å². The molecule has 88 valence electrons. The van der Waals surface area contributed by atoms with E-state index >= 15 is 0 Å². The zero-order valence-electron chi connectivity index (χ0n) is 10.1. The fourth-order valence-electron chi connectivity index (χ4n) is 1.64. The largest absolute Gasteiger partial charge is 0.319 e. The van der Waals surface area contributed by atoms with Crippen LogP contribution in [0.3, 0.4) is 0 Å². The van der Waals surface area contributed by atoms with Gasteiger partial charge in [0, 0.05) is 19.4 Å². The lowest BCUT2D eigenvalue weighted by molar-refractivity contribution is 0.102. The van der Waals surface area contributed by atoms with Gasteiger partial charge in [-0.3, -0.25) is 14.5 Å². The average molecular weight is 230 g/mol. The van der Waals surface area contributed by atoms with Crippen molar-refractivity contribution in [2.24, 2.45) is 7.05 Å². The predicted octanol–water partition coefficient (Wildman–Crippen LogP) is 1.68. The minimum atomic E-state index is -0.169. The molecular formula is C12H14N4O. The average Bonchev–Trinajstić information content (AvgIpc) is 2.57. The Kier molecular flexibility index (Phi) is 2.91. The third-order valence-corrected chi connectivity index (χ3v) is 2.67. The van der Waals surface area contributed by atoms with Crippen LogP contribution in [-0.4, -0.2) is 20.7 Å². The van der Waals surface area contributed by atoms with Crippen LogP contribution in [-0.2, 0) is 7.05 Å². The van der Waals surface area contributed by atoms with Crippen LogP contribution in [0.5, 0.6) is 0 Å². The number of nitrogens with one attached hydrogen (secondary N) is 1. The van der Waals surface area contributed by atoms with Crippen molar-refractivity contribution in [3.63, 3.8) is 0 Å². The molecule has 0 unspecified atom stereocenters. The van der Waals surface area contributed by atoms with Crippen LogP contribution in [0.4, 0.5) is 5.69 Å². The van der Waals surface area contributed by atoms with Gasteiger partial charge in [0.05, 0.1) is 22.6 Å². The molecule has 0 atom stereocenters. The zero-order chi connectivity index (χ0) is 12.4. The Morgan fingerprint density at radius 1 is 1.41 bits per heavy atom. The van der Waals surface area contributed by atoms with E-state index in [0.717, 1.165) is 17.1 Å². The van der Waals surface area contributed by atoms with E-state index in [-0.39, 0.29) is 5.91 Å². The number of aryl methyl sites for hydroxylation is 2. The molecule has 0 aliphatic carbocycles. The predicted molar refractivity (Wildman–Crippen MR) is 64.9 cm³/mol. The standard InChI is InChI=1S/C12H14N4O/c1-8-11(9(2)16(3)15-8)14-12(17)10-5-4-6-13-7-10/h4-7H,1-3H3,(H,14,17). The van der Waals surface area contributed by atoms with Crippen LogP contribution < -0.4 is 5.32 Å². The third kappa shape index (κ3) is 2.18. The Morgan fingerprint density at radius 3 is 2.71 bits per heavy atom. The van der Waals surface area contributed by atoms with Crippen molar-refractivity contribution in [3.8, 4) is 0 Å². The molecule has 1 amide bonds. The Morgan fingerprint density at radius 2 is 2.18 bits per heavy atom. The molecule has 5 nitrogen and oxygen atoms in total.